The van der Waals surface area contributed by atoms with Gasteiger partial charge in [0.25, 0.3) is 5.56 Å². The second kappa shape index (κ2) is 11.8. The summed E-state index contributed by atoms with van der Waals surface area (Å²) in [4.78, 5) is 26.6. The number of hydrogen-bond donors (Lipinski definition) is 4. The number of H-pyrrole nitrogens is 1. The lowest BCUT2D eigenvalue weighted by Crippen LogP contribution is -2.38. The Kier molecular flexibility index (Phi) is 8.27. The van der Waals surface area contributed by atoms with Crippen molar-refractivity contribution in [2.75, 3.05) is 6.56 Å². The quantitative estimate of drug-likeness (QED) is 0.196. The Labute approximate surface area is 215 Å². The average molecular weight is 546 g/mol. The number of esters is 1. The Morgan fingerprint density at radius 1 is 1.31 bits per heavy atom. The minimum Gasteiger partial charge on any atom is -0.462 e. The third-order valence-electron chi connectivity index (χ3n) is 4.97. The molecule has 4 N–H and O–H groups in total. The number of aromatic nitrogens is 2. The number of benzene rings is 1. The zero-order valence-corrected chi connectivity index (χ0v) is 21.7. The van der Waals surface area contributed by atoms with Crippen LogP contribution in [0.5, 0.6) is 5.75 Å². The lowest BCUT2D eigenvalue weighted by Gasteiger charge is -2.25. The first-order valence-corrected chi connectivity index (χ1v) is 13.0. The molecule has 6 atom stereocenters. The molecular formula is C22H30N3O9PS. The van der Waals surface area contributed by atoms with Crippen molar-refractivity contribution >= 4 is 25.9 Å². The van der Waals surface area contributed by atoms with Crippen molar-refractivity contribution in [2.45, 2.75) is 64.4 Å². The monoisotopic (exact) mass is 545 g/mol. The van der Waals surface area contributed by atoms with Gasteiger partial charge in [-0.25, -0.2) is 4.57 Å². The van der Waals surface area contributed by atoms with Crippen LogP contribution in [-0.2, 0) is 23.4 Å². The smallest absolute Gasteiger partial charge is 0.459 e. The van der Waals surface area contributed by atoms with Crippen LogP contribution in [0.4, 0.5) is 0 Å². The van der Waals surface area contributed by atoms with Crippen molar-refractivity contribution in [3.63, 3.8) is 0 Å². The lowest BCUT2D eigenvalue weighted by molar-refractivity contribution is -0.149. The molecular weight excluding hydrogens is 513 g/mol. The van der Waals surface area contributed by atoms with Gasteiger partial charge in [0.15, 0.2) is 11.0 Å². The summed E-state index contributed by atoms with van der Waals surface area (Å²) < 4.78 is 53.1. The van der Waals surface area contributed by atoms with Crippen LogP contribution in [0.1, 0.15) is 35.3 Å². The van der Waals surface area contributed by atoms with Crippen LogP contribution in [0, 0.1) is 11.7 Å². The topological polar surface area (TPSA) is 161 Å². The van der Waals surface area contributed by atoms with Crippen LogP contribution in [0.15, 0.2) is 41.3 Å². The van der Waals surface area contributed by atoms with Crippen LogP contribution in [0.25, 0.3) is 0 Å². The lowest BCUT2D eigenvalue weighted by atomic mass is 10.1. The van der Waals surface area contributed by atoms with E-state index in [9.17, 15) is 24.4 Å². The normalized spacial score (nSPS) is 25.5. The first-order valence-electron chi connectivity index (χ1n) is 12.0. The summed E-state index contributed by atoms with van der Waals surface area (Å²) in [5, 5.41) is 23.6. The maximum atomic E-state index is 13.8. The van der Waals surface area contributed by atoms with Crippen LogP contribution in [0.2, 0.25) is 0 Å². The van der Waals surface area contributed by atoms with Crippen LogP contribution in [0.3, 0.4) is 0 Å². The molecule has 36 heavy (non-hydrogen) atoms. The SMILES string of the molecule is [2H]C([2H])(O[P@@](=O)(N[C@@H](C)C(=O)OC(C)C)Oc1ccccc1)[C@@H]1O[C@H](n2cc(C)c(=O)[nH]c2=S)[C@H](O)C1O. The van der Waals surface area contributed by atoms with E-state index in [4.69, 9.17) is 33.5 Å². The van der Waals surface area contributed by atoms with Gasteiger partial charge in [0.2, 0.25) is 0 Å². The van der Waals surface area contributed by atoms with Gasteiger partial charge in [0.1, 0.15) is 30.1 Å². The van der Waals surface area contributed by atoms with Crippen LogP contribution >= 0.6 is 20.0 Å². The fourth-order valence-electron chi connectivity index (χ4n) is 3.20. The molecule has 12 nitrogen and oxygen atoms in total. The summed E-state index contributed by atoms with van der Waals surface area (Å²) in [6.45, 7) is 3.00. The number of rotatable bonds is 10. The third kappa shape index (κ3) is 6.88. The Hall–Kier alpha value is -2.38. The molecule has 0 spiro atoms. The van der Waals surface area contributed by atoms with Gasteiger partial charge in [-0.1, -0.05) is 18.2 Å². The highest BCUT2D eigenvalue weighted by Gasteiger charge is 2.45. The van der Waals surface area contributed by atoms with Gasteiger partial charge in [-0.05, 0) is 52.0 Å². The van der Waals surface area contributed by atoms with Gasteiger partial charge < -0.3 is 24.2 Å². The number of ether oxygens (including phenoxy) is 2. The molecule has 1 unspecified atom stereocenters. The number of aryl methyl sites for hydroxylation is 1. The predicted molar refractivity (Wildman–Crippen MR) is 131 cm³/mol. The number of carbonyl (C=O) groups is 1. The van der Waals surface area contributed by atoms with Crippen molar-refractivity contribution < 1.29 is 40.8 Å². The zero-order valence-electron chi connectivity index (χ0n) is 22.0. The summed E-state index contributed by atoms with van der Waals surface area (Å²) in [6.07, 6.45) is -6.09. The standard InChI is InChI=1S/C22H30N3O9PS/c1-12(2)32-21(29)14(4)24-35(30,34-15-8-6-5-7-9-15)31-11-16-17(26)18(27)20(33-16)25-10-13(3)19(28)23-22(25)36/h5-10,12,14,16-18,20,26-27H,11H2,1-4H3,(H,24,30)(H,23,28,36)/t14-,16-,17?,18+,20-,35-/m0/s1/i11D2. The fourth-order valence-corrected chi connectivity index (χ4v) is 4.81. The molecule has 1 aromatic heterocycles. The van der Waals surface area contributed by atoms with Gasteiger partial charge in [0, 0.05) is 11.8 Å². The number of aliphatic hydroxyl groups excluding tert-OH is 2. The van der Waals surface area contributed by atoms with E-state index in [2.05, 4.69) is 10.1 Å². The number of carbonyl (C=O) groups excluding carboxylic acids is 1. The Morgan fingerprint density at radius 2 is 1.97 bits per heavy atom. The number of nitrogens with one attached hydrogen (secondary N) is 2. The molecule has 1 fully saturated rings. The maximum absolute atomic E-state index is 13.8. The summed E-state index contributed by atoms with van der Waals surface area (Å²) in [5.74, 6) is -0.763. The van der Waals surface area contributed by atoms with Crippen molar-refractivity contribution in [2.24, 2.45) is 0 Å². The highest BCUT2D eigenvalue weighted by atomic mass is 32.1. The molecule has 1 aliphatic rings. The van der Waals surface area contributed by atoms with Gasteiger partial charge in [-0.15, -0.1) is 0 Å². The summed E-state index contributed by atoms with van der Waals surface area (Å²) in [7, 11) is -4.70. The Balaban J connectivity index is 1.90. The molecule has 1 aliphatic heterocycles. The molecule has 198 valence electrons. The molecule has 0 radical (unpaired) electrons. The Morgan fingerprint density at radius 3 is 2.61 bits per heavy atom. The number of aromatic amines is 1. The van der Waals surface area contributed by atoms with E-state index < -0.39 is 62.5 Å². The molecule has 0 bridgehead atoms. The molecule has 0 amide bonds. The van der Waals surface area contributed by atoms with E-state index in [1.54, 1.807) is 32.0 Å². The minimum absolute atomic E-state index is 0.0318. The van der Waals surface area contributed by atoms with Gasteiger partial charge >= 0.3 is 13.7 Å². The van der Waals surface area contributed by atoms with Crippen molar-refractivity contribution in [1.29, 1.82) is 0 Å². The summed E-state index contributed by atoms with van der Waals surface area (Å²) >= 11 is 5.11. The molecule has 1 aromatic carbocycles. The zero-order chi connectivity index (χ0) is 28.4. The molecule has 2 heterocycles. The number of nitrogens with zero attached hydrogens (tertiary/aromatic N) is 1. The molecule has 0 aliphatic carbocycles. The highest BCUT2D eigenvalue weighted by Crippen LogP contribution is 2.46. The average Bonchev–Trinajstić information content (AvgIpc) is 3.11. The second-order valence-corrected chi connectivity index (χ2v) is 10.4. The Bertz CT molecular complexity index is 1310. The van der Waals surface area contributed by atoms with E-state index in [0.717, 1.165) is 4.57 Å². The minimum atomic E-state index is -4.70. The first-order chi connectivity index (χ1) is 17.6. The van der Waals surface area contributed by atoms with E-state index in [1.165, 1.54) is 32.2 Å². The largest absolute Gasteiger partial charge is 0.462 e. The van der Waals surface area contributed by atoms with E-state index in [0.29, 0.717) is 0 Å². The van der Waals surface area contributed by atoms with Crippen LogP contribution in [-0.4, -0.2) is 62.8 Å². The van der Waals surface area contributed by atoms with Crippen molar-refractivity contribution in [1.82, 2.24) is 14.6 Å². The summed E-state index contributed by atoms with van der Waals surface area (Å²) in [6, 6.07) is 6.44. The number of para-hydroxylation sites is 1. The van der Waals surface area contributed by atoms with Gasteiger partial charge in [-0.3, -0.25) is 23.7 Å². The molecule has 14 heteroatoms. The molecule has 2 aromatic rings. The van der Waals surface area contributed by atoms with E-state index in [1.807, 2.05) is 0 Å². The molecule has 0 saturated carbocycles. The second-order valence-electron chi connectivity index (χ2n) is 8.35. The highest BCUT2D eigenvalue weighted by molar-refractivity contribution is 7.71. The molecule has 1 saturated heterocycles. The maximum Gasteiger partial charge on any atom is 0.459 e. The number of aliphatic hydroxyl groups is 2. The van der Waals surface area contributed by atoms with E-state index >= 15 is 0 Å². The predicted octanol–water partition coefficient (Wildman–Crippen LogP) is 1.97. The third-order valence-corrected chi connectivity index (χ3v) is 6.79. The number of hydrogen-bond acceptors (Lipinski definition) is 10. The summed E-state index contributed by atoms with van der Waals surface area (Å²) in [5.41, 5.74) is -0.247. The van der Waals surface area contributed by atoms with Crippen molar-refractivity contribution in [3.8, 4) is 5.75 Å². The van der Waals surface area contributed by atoms with Gasteiger partial charge in [0.05, 0.1) is 15.4 Å². The van der Waals surface area contributed by atoms with Gasteiger partial charge in [-0.2, -0.15) is 5.09 Å². The van der Waals surface area contributed by atoms with Crippen LogP contribution < -0.4 is 15.2 Å². The van der Waals surface area contributed by atoms with E-state index in [-0.39, 0.29) is 16.1 Å². The first kappa shape index (κ1) is 25.3. The fraction of sp³-hybridized carbons (Fsp3) is 0.500. The molecule has 3 rings (SSSR count). The van der Waals surface area contributed by atoms with Crippen molar-refractivity contribution in [3.05, 3.63) is 57.2 Å².